The van der Waals surface area contributed by atoms with Crippen LogP contribution in [-0.2, 0) is 4.79 Å². The number of nitrogens with zero attached hydrogens (tertiary/aromatic N) is 4. The molecule has 0 unspecified atom stereocenters. The zero-order valence-electron chi connectivity index (χ0n) is 15.1. The number of aromatic amines is 1. The fourth-order valence-corrected chi connectivity index (χ4v) is 3.90. The van der Waals surface area contributed by atoms with Gasteiger partial charge < -0.3 is 14.8 Å². The molecule has 1 aromatic heterocycles. The van der Waals surface area contributed by atoms with Gasteiger partial charge in [0.2, 0.25) is 0 Å². The van der Waals surface area contributed by atoms with Crippen LogP contribution in [0.15, 0.2) is 29.1 Å². The topological polar surface area (TPSA) is 107 Å². The van der Waals surface area contributed by atoms with E-state index < -0.39 is 17.0 Å². The zero-order valence-corrected chi connectivity index (χ0v) is 15.1. The summed E-state index contributed by atoms with van der Waals surface area (Å²) >= 11 is 0. The molecule has 0 aliphatic carbocycles. The maximum atomic E-state index is 12.8. The Morgan fingerprint density at radius 1 is 1.11 bits per heavy atom. The zero-order chi connectivity index (χ0) is 19.3. The Bertz CT molecular complexity index is 1020. The van der Waals surface area contributed by atoms with Gasteiger partial charge in [0.1, 0.15) is 5.54 Å². The fourth-order valence-electron chi connectivity index (χ4n) is 3.90. The van der Waals surface area contributed by atoms with Crippen molar-refractivity contribution in [1.82, 2.24) is 24.7 Å². The third-order valence-corrected chi connectivity index (χ3v) is 5.60. The molecule has 2 aromatic rings. The van der Waals surface area contributed by atoms with E-state index in [0.717, 1.165) is 4.90 Å². The van der Waals surface area contributed by atoms with Gasteiger partial charge in [-0.05, 0) is 25.0 Å². The Morgan fingerprint density at radius 2 is 1.78 bits per heavy atom. The average molecular weight is 369 g/mol. The number of para-hydroxylation sites is 2. The first-order chi connectivity index (χ1) is 12.8. The van der Waals surface area contributed by atoms with Gasteiger partial charge in [0.05, 0.1) is 11.0 Å². The lowest BCUT2D eigenvalue weighted by molar-refractivity contribution is -0.134. The first-order valence-electron chi connectivity index (χ1n) is 8.69. The van der Waals surface area contributed by atoms with Crippen molar-refractivity contribution in [2.24, 2.45) is 0 Å². The number of H-pyrrole nitrogens is 1. The van der Waals surface area contributed by atoms with Crippen LogP contribution in [0.5, 0.6) is 0 Å². The van der Waals surface area contributed by atoms with Crippen LogP contribution >= 0.6 is 0 Å². The third kappa shape index (κ3) is 2.42. The summed E-state index contributed by atoms with van der Waals surface area (Å²) in [6.45, 7) is 0.536. The van der Waals surface area contributed by atoms with E-state index in [0.29, 0.717) is 23.9 Å². The number of hydrogen-bond donors (Lipinski definition) is 1. The van der Waals surface area contributed by atoms with Crippen LogP contribution in [-0.4, -0.2) is 75.2 Å². The van der Waals surface area contributed by atoms with Crippen molar-refractivity contribution in [3.05, 3.63) is 40.3 Å². The second-order valence-corrected chi connectivity index (χ2v) is 6.96. The molecule has 0 atom stereocenters. The van der Waals surface area contributed by atoms with Gasteiger partial charge in [-0.15, -0.1) is 0 Å². The summed E-state index contributed by atoms with van der Waals surface area (Å²) in [6, 6.07) is 6.66. The summed E-state index contributed by atoms with van der Waals surface area (Å²) in [6.07, 6.45) is 0.658. The Morgan fingerprint density at radius 3 is 2.41 bits per heavy atom. The number of rotatable bonds is 1. The van der Waals surface area contributed by atoms with E-state index in [1.165, 1.54) is 16.8 Å². The molecular weight excluding hydrogens is 350 g/mol. The van der Waals surface area contributed by atoms with Gasteiger partial charge in [-0.1, -0.05) is 12.1 Å². The Balaban J connectivity index is 1.58. The fraction of sp³-hybridized carbons (Fsp3) is 0.389. The number of likely N-dealkylation sites (N-methyl/N-ethyl adjacent to an activating group) is 2. The van der Waals surface area contributed by atoms with Crippen LogP contribution < -0.4 is 5.56 Å². The number of benzene rings is 1. The lowest BCUT2D eigenvalue weighted by Crippen LogP contribution is -2.56. The molecule has 1 N–H and O–H groups in total. The first kappa shape index (κ1) is 17.2. The molecule has 27 heavy (non-hydrogen) atoms. The van der Waals surface area contributed by atoms with Gasteiger partial charge in [0.25, 0.3) is 17.4 Å². The van der Waals surface area contributed by atoms with Crippen molar-refractivity contribution < 1.29 is 14.4 Å². The van der Waals surface area contributed by atoms with Crippen molar-refractivity contribution in [2.45, 2.75) is 18.4 Å². The average Bonchev–Trinajstić information content (AvgIpc) is 2.84. The molecule has 4 amide bonds. The summed E-state index contributed by atoms with van der Waals surface area (Å²) < 4.78 is 0. The molecule has 4 rings (SSSR count). The standard InChI is InChI=1S/C18H19N5O4/c1-21-16(26)18(22(2)17(21)27)7-9-23(10-8-18)15(25)13-14(24)20-12-6-4-3-5-11(12)19-13/h3-6H,7-10H2,1-2H3,(H,20,24). The predicted octanol–water partition coefficient (Wildman–Crippen LogP) is 0.422. The van der Waals surface area contributed by atoms with E-state index in [1.807, 2.05) is 0 Å². The molecular formula is C18H19N5O4. The van der Waals surface area contributed by atoms with E-state index in [4.69, 9.17) is 0 Å². The minimum Gasteiger partial charge on any atom is -0.337 e. The number of nitrogens with one attached hydrogen (secondary N) is 1. The van der Waals surface area contributed by atoms with Crippen LogP contribution in [0.1, 0.15) is 23.3 Å². The number of hydrogen-bond acceptors (Lipinski definition) is 5. The first-order valence-corrected chi connectivity index (χ1v) is 8.69. The molecule has 3 heterocycles. The van der Waals surface area contributed by atoms with Crippen LogP contribution in [0.3, 0.4) is 0 Å². The highest BCUT2D eigenvalue weighted by molar-refractivity contribution is 6.06. The summed E-state index contributed by atoms with van der Waals surface area (Å²) in [5.41, 5.74) is -0.513. The second kappa shape index (κ2) is 5.90. The van der Waals surface area contributed by atoms with Gasteiger partial charge in [-0.2, -0.15) is 0 Å². The highest BCUT2D eigenvalue weighted by Crippen LogP contribution is 2.35. The molecule has 140 valence electrons. The Labute approximate surface area is 154 Å². The molecule has 0 radical (unpaired) electrons. The van der Waals surface area contributed by atoms with Crippen LogP contribution in [0.25, 0.3) is 11.0 Å². The van der Waals surface area contributed by atoms with E-state index in [-0.39, 0.29) is 30.7 Å². The maximum absolute atomic E-state index is 12.8. The monoisotopic (exact) mass is 369 g/mol. The van der Waals surface area contributed by atoms with Crippen molar-refractivity contribution in [2.75, 3.05) is 27.2 Å². The number of likely N-dealkylation sites (tertiary alicyclic amines) is 1. The number of piperidine rings is 1. The highest BCUT2D eigenvalue weighted by Gasteiger charge is 2.55. The van der Waals surface area contributed by atoms with Crippen LogP contribution in [0.4, 0.5) is 4.79 Å². The molecule has 0 bridgehead atoms. The largest absolute Gasteiger partial charge is 0.337 e. The minimum atomic E-state index is -0.911. The van der Waals surface area contributed by atoms with Gasteiger partial charge >= 0.3 is 6.03 Å². The van der Waals surface area contributed by atoms with E-state index in [1.54, 1.807) is 31.3 Å². The van der Waals surface area contributed by atoms with E-state index in [9.17, 15) is 19.2 Å². The van der Waals surface area contributed by atoms with E-state index in [2.05, 4.69) is 9.97 Å². The lowest BCUT2D eigenvalue weighted by atomic mass is 9.86. The van der Waals surface area contributed by atoms with Crippen LogP contribution in [0, 0.1) is 0 Å². The summed E-state index contributed by atoms with van der Waals surface area (Å²) in [5, 5.41) is 0. The van der Waals surface area contributed by atoms with Gasteiger partial charge in [0.15, 0.2) is 5.69 Å². The predicted molar refractivity (Wildman–Crippen MR) is 96.2 cm³/mol. The molecule has 1 aromatic carbocycles. The Kier molecular flexibility index (Phi) is 3.76. The quantitative estimate of drug-likeness (QED) is 0.733. The molecule has 2 aliphatic heterocycles. The van der Waals surface area contributed by atoms with Crippen molar-refractivity contribution >= 4 is 28.9 Å². The highest BCUT2D eigenvalue weighted by atomic mass is 16.2. The Hall–Kier alpha value is -3.23. The van der Waals surface area contributed by atoms with Crippen molar-refractivity contribution in [3.63, 3.8) is 0 Å². The number of aromatic nitrogens is 2. The SMILES string of the molecule is CN1C(=O)N(C)C2(CCN(C(=O)c3nc4ccccc4[nH]c3=O)CC2)C1=O. The van der Waals surface area contributed by atoms with Crippen LogP contribution in [0.2, 0.25) is 0 Å². The number of amides is 4. The lowest BCUT2D eigenvalue weighted by Gasteiger charge is -2.40. The van der Waals surface area contributed by atoms with Gasteiger partial charge in [0, 0.05) is 27.2 Å². The number of carbonyl (C=O) groups is 3. The summed E-state index contributed by atoms with van der Waals surface area (Å²) in [7, 11) is 3.07. The summed E-state index contributed by atoms with van der Waals surface area (Å²) in [4.78, 5) is 60.7. The van der Waals surface area contributed by atoms with E-state index >= 15 is 0 Å². The number of carbonyl (C=O) groups excluding carboxylic acids is 3. The molecule has 2 saturated heterocycles. The number of imide groups is 1. The number of urea groups is 1. The van der Waals surface area contributed by atoms with Crippen molar-refractivity contribution in [3.8, 4) is 0 Å². The normalized spacial score (nSPS) is 19.4. The maximum Gasteiger partial charge on any atom is 0.327 e. The molecule has 2 fully saturated rings. The smallest absolute Gasteiger partial charge is 0.327 e. The van der Waals surface area contributed by atoms with Gasteiger partial charge in [-0.25, -0.2) is 9.78 Å². The molecule has 0 saturated carbocycles. The molecule has 9 nitrogen and oxygen atoms in total. The van der Waals surface area contributed by atoms with Crippen molar-refractivity contribution in [1.29, 1.82) is 0 Å². The van der Waals surface area contributed by atoms with Gasteiger partial charge in [-0.3, -0.25) is 19.3 Å². The molecule has 1 spiro atoms. The number of fused-ring (bicyclic) bond motifs is 1. The minimum absolute atomic E-state index is 0.163. The summed E-state index contributed by atoms with van der Waals surface area (Å²) in [5.74, 6) is -0.714. The molecule has 2 aliphatic rings. The second-order valence-electron chi connectivity index (χ2n) is 6.96. The molecule has 9 heteroatoms. The third-order valence-electron chi connectivity index (χ3n) is 5.60.